The molecular weight excluding hydrogens is 340 g/mol. The first-order chi connectivity index (χ1) is 12.0. The van der Waals surface area contributed by atoms with E-state index < -0.39 is 18.5 Å². The summed E-state index contributed by atoms with van der Waals surface area (Å²) in [6, 6.07) is 13.4. The number of carbonyl (C=O) groups is 3. The first-order valence-corrected chi connectivity index (χ1v) is 8.69. The van der Waals surface area contributed by atoms with Crippen LogP contribution in [0.15, 0.2) is 53.4 Å². The van der Waals surface area contributed by atoms with E-state index in [2.05, 4.69) is 10.6 Å². The van der Waals surface area contributed by atoms with Crippen molar-refractivity contribution in [2.24, 2.45) is 0 Å². The predicted molar refractivity (Wildman–Crippen MR) is 97.0 cm³/mol. The van der Waals surface area contributed by atoms with E-state index in [9.17, 15) is 14.4 Å². The Morgan fingerprint density at radius 3 is 2.36 bits per heavy atom. The molecule has 25 heavy (non-hydrogen) atoms. The second-order valence-corrected chi connectivity index (χ2v) is 5.83. The minimum atomic E-state index is -0.546. The maximum Gasteiger partial charge on any atom is 0.339 e. The summed E-state index contributed by atoms with van der Waals surface area (Å²) in [5.41, 5.74) is 1.43. The summed E-state index contributed by atoms with van der Waals surface area (Å²) in [5, 5.41) is 5.12. The summed E-state index contributed by atoms with van der Waals surface area (Å²) in [7, 11) is 1.54. The number of esters is 1. The van der Waals surface area contributed by atoms with Gasteiger partial charge in [-0.1, -0.05) is 12.1 Å². The Kier molecular flexibility index (Phi) is 6.59. The lowest BCUT2D eigenvalue weighted by Crippen LogP contribution is -2.21. The molecule has 0 aliphatic heterocycles. The number of nitrogens with one attached hydrogen (secondary N) is 2. The number of anilines is 1. The van der Waals surface area contributed by atoms with Crippen molar-refractivity contribution >= 4 is 35.2 Å². The van der Waals surface area contributed by atoms with E-state index in [1.165, 1.54) is 11.8 Å². The van der Waals surface area contributed by atoms with Crippen molar-refractivity contribution in [2.45, 2.75) is 4.90 Å². The maximum atomic E-state index is 12.1. The second-order valence-electron chi connectivity index (χ2n) is 4.98. The molecule has 2 N–H and O–H groups in total. The van der Waals surface area contributed by atoms with Crippen molar-refractivity contribution < 1.29 is 19.1 Å². The average molecular weight is 358 g/mol. The molecule has 0 radical (unpaired) electrons. The molecule has 7 heteroatoms. The van der Waals surface area contributed by atoms with Crippen LogP contribution in [0.1, 0.15) is 20.7 Å². The molecule has 2 amide bonds. The van der Waals surface area contributed by atoms with Crippen LogP contribution in [-0.2, 0) is 9.53 Å². The fourth-order valence-corrected chi connectivity index (χ4v) is 2.65. The highest BCUT2D eigenvalue weighted by molar-refractivity contribution is 7.98. The van der Waals surface area contributed by atoms with E-state index in [0.29, 0.717) is 16.8 Å². The molecule has 0 unspecified atom stereocenters. The normalized spacial score (nSPS) is 10.0. The Morgan fingerprint density at radius 1 is 1.04 bits per heavy atom. The summed E-state index contributed by atoms with van der Waals surface area (Å²) >= 11 is 1.43. The molecule has 0 aliphatic rings. The van der Waals surface area contributed by atoms with Gasteiger partial charge < -0.3 is 15.4 Å². The van der Waals surface area contributed by atoms with Crippen LogP contribution in [0.2, 0.25) is 0 Å². The first kappa shape index (κ1) is 18.5. The number of benzene rings is 2. The molecule has 0 bridgehead atoms. The molecule has 0 spiro atoms. The van der Waals surface area contributed by atoms with Crippen molar-refractivity contribution in [3.05, 3.63) is 59.7 Å². The van der Waals surface area contributed by atoms with Crippen molar-refractivity contribution in [2.75, 3.05) is 25.2 Å². The lowest BCUT2D eigenvalue weighted by Gasteiger charge is -2.09. The number of rotatable bonds is 6. The fraction of sp³-hybridized carbons (Fsp3) is 0.167. The fourth-order valence-electron chi connectivity index (χ4n) is 2.07. The number of hydrogen-bond acceptors (Lipinski definition) is 5. The first-order valence-electron chi connectivity index (χ1n) is 7.47. The number of thioether (sulfide) groups is 1. The molecule has 2 aromatic rings. The number of hydrogen-bond donors (Lipinski definition) is 2. The highest BCUT2D eigenvalue weighted by Crippen LogP contribution is 2.20. The third-order valence-corrected chi connectivity index (χ3v) is 4.11. The quantitative estimate of drug-likeness (QED) is 0.612. The van der Waals surface area contributed by atoms with E-state index in [-0.39, 0.29) is 5.91 Å². The summed E-state index contributed by atoms with van der Waals surface area (Å²) < 4.78 is 5.06. The third kappa shape index (κ3) is 5.09. The molecular formula is C18H18N2O4S. The summed E-state index contributed by atoms with van der Waals surface area (Å²) in [6.45, 7) is -0.390. The van der Waals surface area contributed by atoms with Gasteiger partial charge in [0.25, 0.3) is 11.8 Å². The number of amides is 2. The smallest absolute Gasteiger partial charge is 0.339 e. The van der Waals surface area contributed by atoms with Crippen LogP contribution < -0.4 is 10.6 Å². The van der Waals surface area contributed by atoms with Gasteiger partial charge >= 0.3 is 5.97 Å². The van der Waals surface area contributed by atoms with Crippen LogP contribution in [0.3, 0.4) is 0 Å². The monoisotopic (exact) mass is 358 g/mol. The van der Waals surface area contributed by atoms with Gasteiger partial charge in [-0.25, -0.2) is 4.79 Å². The summed E-state index contributed by atoms with van der Waals surface area (Å²) in [6.07, 6.45) is 1.86. The van der Waals surface area contributed by atoms with Gasteiger partial charge in [-0.3, -0.25) is 9.59 Å². The van der Waals surface area contributed by atoms with E-state index in [1.807, 2.05) is 18.4 Å². The Bertz CT molecular complexity index is 775. The van der Waals surface area contributed by atoms with Crippen molar-refractivity contribution in [3.8, 4) is 0 Å². The van der Waals surface area contributed by atoms with Crippen LogP contribution in [0.4, 0.5) is 5.69 Å². The van der Waals surface area contributed by atoms with Crippen molar-refractivity contribution in [1.82, 2.24) is 5.32 Å². The van der Waals surface area contributed by atoms with Gasteiger partial charge in [0, 0.05) is 23.2 Å². The Balaban J connectivity index is 1.90. The highest BCUT2D eigenvalue weighted by atomic mass is 32.2. The zero-order valence-corrected chi connectivity index (χ0v) is 14.7. The number of ether oxygens (including phenoxy) is 1. The van der Waals surface area contributed by atoms with Crippen LogP contribution in [0.5, 0.6) is 0 Å². The molecule has 0 heterocycles. The SMILES string of the molecule is CNC(=O)c1ccc(NC(=O)COC(=O)c2ccccc2SC)cc1. The molecule has 6 nitrogen and oxygen atoms in total. The van der Waals surface area contributed by atoms with Gasteiger partial charge in [0.15, 0.2) is 6.61 Å². The molecule has 0 atom stereocenters. The van der Waals surface area contributed by atoms with Crippen LogP contribution in [0.25, 0.3) is 0 Å². The second kappa shape index (κ2) is 8.89. The standard InChI is InChI=1S/C18H18N2O4S/c1-19-17(22)12-7-9-13(10-8-12)20-16(21)11-24-18(23)14-5-3-4-6-15(14)25-2/h3-10H,11H2,1-2H3,(H,19,22)(H,20,21). The highest BCUT2D eigenvalue weighted by Gasteiger charge is 2.14. The van der Waals surface area contributed by atoms with Crippen LogP contribution in [-0.4, -0.2) is 37.7 Å². The molecule has 2 rings (SSSR count). The zero-order valence-electron chi connectivity index (χ0n) is 13.9. The topological polar surface area (TPSA) is 84.5 Å². The molecule has 0 saturated heterocycles. The lowest BCUT2D eigenvalue weighted by molar-refractivity contribution is -0.119. The molecule has 0 aromatic heterocycles. The Hall–Kier alpha value is -2.80. The minimum absolute atomic E-state index is 0.209. The lowest BCUT2D eigenvalue weighted by atomic mass is 10.2. The average Bonchev–Trinajstić information content (AvgIpc) is 2.66. The van der Waals surface area contributed by atoms with Gasteiger partial charge in [0.2, 0.25) is 0 Å². The van der Waals surface area contributed by atoms with Gasteiger partial charge in [0.05, 0.1) is 5.56 Å². The van der Waals surface area contributed by atoms with Crippen LogP contribution >= 0.6 is 11.8 Å². The molecule has 0 saturated carbocycles. The third-order valence-electron chi connectivity index (χ3n) is 3.32. The van der Waals surface area contributed by atoms with Gasteiger partial charge in [-0.05, 0) is 42.7 Å². The Labute approximate surface area is 149 Å². The maximum absolute atomic E-state index is 12.1. The van der Waals surface area contributed by atoms with E-state index >= 15 is 0 Å². The van der Waals surface area contributed by atoms with Gasteiger partial charge in [0.1, 0.15) is 0 Å². The summed E-state index contributed by atoms with van der Waals surface area (Å²) in [5.74, 6) is -1.21. The Morgan fingerprint density at radius 2 is 1.72 bits per heavy atom. The largest absolute Gasteiger partial charge is 0.452 e. The van der Waals surface area contributed by atoms with E-state index in [0.717, 1.165) is 4.90 Å². The molecule has 130 valence electrons. The van der Waals surface area contributed by atoms with Crippen molar-refractivity contribution in [1.29, 1.82) is 0 Å². The van der Waals surface area contributed by atoms with Gasteiger partial charge in [-0.2, -0.15) is 0 Å². The summed E-state index contributed by atoms with van der Waals surface area (Å²) in [4.78, 5) is 36.2. The number of carbonyl (C=O) groups excluding carboxylic acids is 3. The van der Waals surface area contributed by atoms with Crippen molar-refractivity contribution in [3.63, 3.8) is 0 Å². The molecule has 0 fully saturated rings. The minimum Gasteiger partial charge on any atom is -0.452 e. The molecule has 2 aromatic carbocycles. The van der Waals surface area contributed by atoms with E-state index in [4.69, 9.17) is 4.74 Å². The zero-order chi connectivity index (χ0) is 18.2. The predicted octanol–water partition coefficient (Wildman–Crippen LogP) is 2.56. The van der Waals surface area contributed by atoms with Crippen LogP contribution in [0, 0.1) is 0 Å². The molecule has 0 aliphatic carbocycles. The van der Waals surface area contributed by atoms with E-state index in [1.54, 1.807) is 43.4 Å². The van der Waals surface area contributed by atoms with Gasteiger partial charge in [-0.15, -0.1) is 11.8 Å².